The Morgan fingerprint density at radius 1 is 1.10 bits per heavy atom. The van der Waals surface area contributed by atoms with Crippen molar-refractivity contribution in [3.63, 3.8) is 0 Å². The quantitative estimate of drug-likeness (QED) is 0.746. The summed E-state index contributed by atoms with van der Waals surface area (Å²) in [5.41, 5.74) is 3.78. The van der Waals surface area contributed by atoms with Crippen LogP contribution < -0.4 is 0 Å². The lowest BCUT2D eigenvalue weighted by Crippen LogP contribution is -2.22. The third-order valence-electron chi connectivity index (χ3n) is 5.55. The van der Waals surface area contributed by atoms with Crippen LogP contribution in [-0.2, 0) is 12.8 Å². The van der Waals surface area contributed by atoms with Crippen molar-refractivity contribution in [3.8, 4) is 6.07 Å². The van der Waals surface area contributed by atoms with E-state index in [2.05, 4.69) is 25.1 Å². The molecule has 0 saturated heterocycles. The summed E-state index contributed by atoms with van der Waals surface area (Å²) in [5, 5.41) is 9.01. The molecule has 0 spiro atoms. The van der Waals surface area contributed by atoms with Crippen LogP contribution in [0.15, 0.2) is 18.2 Å². The van der Waals surface area contributed by atoms with E-state index < -0.39 is 0 Å². The summed E-state index contributed by atoms with van der Waals surface area (Å²) in [5.74, 6) is 2.78. The first-order chi connectivity index (χ1) is 9.80. The maximum absolute atomic E-state index is 9.01. The van der Waals surface area contributed by atoms with Crippen molar-refractivity contribution < 1.29 is 1.43 Å². The lowest BCUT2D eigenvalue weighted by molar-refractivity contribution is 0.201. The minimum Gasteiger partial charge on any atom is -0.192 e. The van der Waals surface area contributed by atoms with Gasteiger partial charge in [-0.1, -0.05) is 38.7 Å². The fraction of sp³-hybridized carbons (Fsp3) is 0.632. The van der Waals surface area contributed by atoms with Gasteiger partial charge in [0.1, 0.15) is 0 Å². The molecule has 1 unspecified atom stereocenters. The number of nitriles is 1. The van der Waals surface area contributed by atoms with E-state index in [1.54, 1.807) is 0 Å². The van der Waals surface area contributed by atoms with E-state index in [1.807, 2.05) is 6.07 Å². The molecular weight excluding hydrogens is 242 g/mol. The zero-order chi connectivity index (χ0) is 13.9. The molecule has 1 saturated carbocycles. The Morgan fingerprint density at radius 2 is 1.85 bits per heavy atom. The largest absolute Gasteiger partial charge is 0.192 e. The Morgan fingerprint density at radius 3 is 2.55 bits per heavy atom. The maximum Gasteiger partial charge on any atom is 0.0991 e. The smallest absolute Gasteiger partial charge is 0.0991 e. The Labute approximate surface area is 124 Å². The number of nitrogens with zero attached hydrogens (tertiary/aromatic N) is 1. The fourth-order valence-corrected chi connectivity index (χ4v) is 4.41. The van der Waals surface area contributed by atoms with E-state index in [-0.39, 0.29) is 1.43 Å². The number of benzene rings is 1. The van der Waals surface area contributed by atoms with Gasteiger partial charge in [0.25, 0.3) is 0 Å². The zero-order valence-electron chi connectivity index (χ0n) is 12.6. The summed E-state index contributed by atoms with van der Waals surface area (Å²) in [6, 6.07) is 8.57. The van der Waals surface area contributed by atoms with Crippen LogP contribution in [0.5, 0.6) is 0 Å². The Hall–Kier alpha value is -1.29. The minimum atomic E-state index is 0. The van der Waals surface area contributed by atoms with Gasteiger partial charge >= 0.3 is 0 Å². The van der Waals surface area contributed by atoms with Gasteiger partial charge in [-0.05, 0) is 66.7 Å². The minimum absolute atomic E-state index is 0. The molecule has 1 heteroatoms. The van der Waals surface area contributed by atoms with Crippen molar-refractivity contribution in [2.24, 2.45) is 17.8 Å². The highest BCUT2D eigenvalue weighted by molar-refractivity contribution is 5.41. The van der Waals surface area contributed by atoms with Crippen molar-refractivity contribution in [1.29, 1.82) is 5.26 Å². The summed E-state index contributed by atoms with van der Waals surface area (Å²) in [4.78, 5) is 0. The van der Waals surface area contributed by atoms with Crippen LogP contribution in [0.4, 0.5) is 0 Å². The standard InChI is InChI=1S/C19H25N.H2/c1-2-3-14-4-7-16(8-5-14)19-11-17-9-6-15(13-20)10-18(17)12-19;/h6,9-10,14,16,19H,2-5,7-8,11-12H2,1H3;1H. The molecule has 2 aliphatic rings. The molecule has 3 rings (SSSR count). The van der Waals surface area contributed by atoms with Gasteiger partial charge in [-0.2, -0.15) is 5.26 Å². The lowest BCUT2D eigenvalue weighted by atomic mass is 9.74. The molecule has 0 aliphatic heterocycles. The highest BCUT2D eigenvalue weighted by Crippen LogP contribution is 2.41. The zero-order valence-corrected chi connectivity index (χ0v) is 12.6. The SMILES string of the molecule is CCCC1CCC(C2Cc3ccc(C#N)cc3C2)CC1.[HH]. The first-order valence-corrected chi connectivity index (χ1v) is 8.32. The Balaban J connectivity index is 0.00000161. The molecule has 0 N–H and O–H groups in total. The second kappa shape index (κ2) is 6.00. The molecule has 2 aliphatic carbocycles. The van der Waals surface area contributed by atoms with Crippen molar-refractivity contribution >= 4 is 0 Å². The lowest BCUT2D eigenvalue weighted by Gasteiger charge is -2.32. The molecular formula is C19H27N. The fourth-order valence-electron chi connectivity index (χ4n) is 4.41. The predicted molar refractivity (Wildman–Crippen MR) is 84.5 cm³/mol. The number of rotatable bonds is 3. The summed E-state index contributed by atoms with van der Waals surface area (Å²) < 4.78 is 0. The summed E-state index contributed by atoms with van der Waals surface area (Å²) in [6.45, 7) is 2.31. The van der Waals surface area contributed by atoms with E-state index in [0.717, 1.165) is 23.3 Å². The molecule has 0 aromatic heterocycles. The average molecular weight is 269 g/mol. The summed E-state index contributed by atoms with van der Waals surface area (Å²) >= 11 is 0. The molecule has 1 atom stereocenters. The van der Waals surface area contributed by atoms with Gasteiger partial charge in [-0.25, -0.2) is 0 Å². The molecule has 0 radical (unpaired) electrons. The molecule has 108 valence electrons. The maximum atomic E-state index is 9.01. The van der Waals surface area contributed by atoms with E-state index in [9.17, 15) is 0 Å². The van der Waals surface area contributed by atoms with Gasteiger partial charge in [0.05, 0.1) is 11.6 Å². The molecule has 1 fully saturated rings. The molecule has 0 heterocycles. The second-order valence-electron chi connectivity index (χ2n) is 6.83. The molecule has 20 heavy (non-hydrogen) atoms. The van der Waals surface area contributed by atoms with E-state index in [4.69, 9.17) is 5.26 Å². The van der Waals surface area contributed by atoms with Crippen molar-refractivity contribution in [2.45, 2.75) is 58.3 Å². The van der Waals surface area contributed by atoms with E-state index in [0.29, 0.717) is 0 Å². The molecule has 1 aromatic carbocycles. The first kappa shape index (κ1) is 13.7. The summed E-state index contributed by atoms with van der Waals surface area (Å²) in [6.07, 6.45) is 11.0. The van der Waals surface area contributed by atoms with Crippen LogP contribution in [0.1, 0.15) is 63.6 Å². The van der Waals surface area contributed by atoms with Gasteiger partial charge < -0.3 is 0 Å². The molecule has 1 nitrogen and oxygen atoms in total. The number of hydrogen-bond donors (Lipinski definition) is 0. The van der Waals surface area contributed by atoms with E-state index in [1.165, 1.54) is 62.5 Å². The van der Waals surface area contributed by atoms with Crippen molar-refractivity contribution in [2.75, 3.05) is 0 Å². The van der Waals surface area contributed by atoms with Gasteiger partial charge in [0, 0.05) is 1.43 Å². The van der Waals surface area contributed by atoms with Crippen LogP contribution in [0.25, 0.3) is 0 Å². The topological polar surface area (TPSA) is 23.8 Å². The van der Waals surface area contributed by atoms with Crippen molar-refractivity contribution in [3.05, 3.63) is 34.9 Å². The Bertz CT molecular complexity index is 509. The first-order valence-electron chi connectivity index (χ1n) is 8.32. The third-order valence-corrected chi connectivity index (χ3v) is 5.55. The average Bonchev–Trinajstić information content (AvgIpc) is 2.91. The van der Waals surface area contributed by atoms with E-state index >= 15 is 0 Å². The third kappa shape index (κ3) is 2.75. The van der Waals surface area contributed by atoms with Crippen LogP contribution in [0.3, 0.4) is 0 Å². The van der Waals surface area contributed by atoms with Gasteiger partial charge in [0.15, 0.2) is 0 Å². The van der Waals surface area contributed by atoms with Crippen LogP contribution in [-0.4, -0.2) is 0 Å². The van der Waals surface area contributed by atoms with Crippen LogP contribution in [0.2, 0.25) is 0 Å². The number of fused-ring (bicyclic) bond motifs is 1. The van der Waals surface area contributed by atoms with Gasteiger partial charge in [-0.3, -0.25) is 0 Å². The van der Waals surface area contributed by atoms with Crippen LogP contribution >= 0.6 is 0 Å². The normalized spacial score (nSPS) is 28.9. The predicted octanol–water partition coefficient (Wildman–Crippen LogP) is 5.13. The molecule has 0 amide bonds. The highest BCUT2D eigenvalue weighted by atomic mass is 14.4. The van der Waals surface area contributed by atoms with Crippen molar-refractivity contribution in [1.82, 2.24) is 0 Å². The molecule has 1 aromatic rings. The highest BCUT2D eigenvalue weighted by Gasteiger charge is 2.31. The number of hydrogen-bond acceptors (Lipinski definition) is 1. The van der Waals surface area contributed by atoms with Gasteiger partial charge in [-0.15, -0.1) is 0 Å². The summed E-state index contributed by atoms with van der Waals surface area (Å²) in [7, 11) is 0. The molecule has 0 bridgehead atoms. The van der Waals surface area contributed by atoms with Gasteiger partial charge in [0.2, 0.25) is 0 Å². The van der Waals surface area contributed by atoms with Crippen LogP contribution in [0, 0.1) is 29.1 Å². The monoisotopic (exact) mass is 269 g/mol. The second-order valence-corrected chi connectivity index (χ2v) is 6.83. The Kier molecular flexibility index (Phi) is 4.10.